The zero-order valence-electron chi connectivity index (χ0n) is 11.3. The third-order valence-corrected chi connectivity index (χ3v) is 4.62. The van der Waals surface area contributed by atoms with Crippen molar-refractivity contribution < 1.29 is 9.53 Å². The Labute approximate surface area is 117 Å². The monoisotopic (exact) mass is 281 g/mol. The third-order valence-electron chi connectivity index (χ3n) is 3.24. The first-order valence-corrected chi connectivity index (χ1v) is 7.41. The second-order valence-electron chi connectivity index (χ2n) is 4.47. The summed E-state index contributed by atoms with van der Waals surface area (Å²) in [5, 5.41) is 0.620. The summed E-state index contributed by atoms with van der Waals surface area (Å²) in [5.41, 5.74) is 6.51. The van der Waals surface area contributed by atoms with Crippen LogP contribution in [-0.4, -0.2) is 42.2 Å². The predicted molar refractivity (Wildman–Crippen MR) is 78.7 cm³/mol. The standard InChI is InChI=1S/C13H19N3O2S/c1-3-9-8-16(4-5-19-9)12-6-10(13(17)18-2)11(14)7-15-12/h6-7,9H,3-5,8,14H2,1-2H3. The van der Waals surface area contributed by atoms with Crippen molar-refractivity contribution in [3.05, 3.63) is 17.8 Å². The number of esters is 1. The van der Waals surface area contributed by atoms with Gasteiger partial charge in [-0.15, -0.1) is 0 Å². The van der Waals surface area contributed by atoms with E-state index in [1.807, 2.05) is 11.8 Å². The number of hydrogen-bond donors (Lipinski definition) is 1. The Balaban J connectivity index is 2.22. The molecule has 104 valence electrons. The highest BCUT2D eigenvalue weighted by atomic mass is 32.2. The van der Waals surface area contributed by atoms with Crippen molar-refractivity contribution in [1.82, 2.24) is 4.98 Å². The second kappa shape index (κ2) is 6.14. The second-order valence-corrected chi connectivity index (χ2v) is 5.88. The van der Waals surface area contributed by atoms with E-state index in [0.29, 0.717) is 16.5 Å². The van der Waals surface area contributed by atoms with Gasteiger partial charge in [-0.05, 0) is 12.5 Å². The number of hydrogen-bond acceptors (Lipinski definition) is 6. The molecule has 1 aliphatic heterocycles. The minimum absolute atomic E-state index is 0.356. The van der Waals surface area contributed by atoms with Gasteiger partial charge >= 0.3 is 5.97 Å². The smallest absolute Gasteiger partial charge is 0.340 e. The number of ether oxygens (including phenoxy) is 1. The summed E-state index contributed by atoms with van der Waals surface area (Å²) >= 11 is 1.99. The number of pyridine rings is 1. The highest BCUT2D eigenvalue weighted by molar-refractivity contribution is 8.00. The molecule has 0 radical (unpaired) electrons. The van der Waals surface area contributed by atoms with Gasteiger partial charge in [-0.1, -0.05) is 6.92 Å². The molecule has 2 N–H and O–H groups in total. The van der Waals surface area contributed by atoms with Gasteiger partial charge in [0, 0.05) is 24.1 Å². The van der Waals surface area contributed by atoms with Crippen LogP contribution in [0.3, 0.4) is 0 Å². The van der Waals surface area contributed by atoms with Gasteiger partial charge in [-0.25, -0.2) is 9.78 Å². The number of nitrogens with zero attached hydrogens (tertiary/aromatic N) is 2. The summed E-state index contributed by atoms with van der Waals surface area (Å²) in [7, 11) is 1.35. The fourth-order valence-electron chi connectivity index (χ4n) is 2.09. The molecule has 1 fully saturated rings. The van der Waals surface area contributed by atoms with Crippen LogP contribution in [0.25, 0.3) is 0 Å². The summed E-state index contributed by atoms with van der Waals surface area (Å²) < 4.78 is 4.73. The van der Waals surface area contributed by atoms with Gasteiger partial charge in [-0.2, -0.15) is 11.8 Å². The summed E-state index contributed by atoms with van der Waals surface area (Å²) in [4.78, 5) is 18.2. The topological polar surface area (TPSA) is 68.5 Å². The lowest BCUT2D eigenvalue weighted by Gasteiger charge is -2.33. The Morgan fingerprint density at radius 2 is 2.47 bits per heavy atom. The van der Waals surface area contributed by atoms with E-state index in [1.54, 1.807) is 6.07 Å². The van der Waals surface area contributed by atoms with Crippen LogP contribution in [0, 0.1) is 0 Å². The number of carbonyl (C=O) groups is 1. The van der Waals surface area contributed by atoms with Crippen LogP contribution < -0.4 is 10.6 Å². The van der Waals surface area contributed by atoms with Gasteiger partial charge in [-0.3, -0.25) is 0 Å². The highest BCUT2D eigenvalue weighted by Crippen LogP contribution is 2.26. The minimum Gasteiger partial charge on any atom is -0.465 e. The van der Waals surface area contributed by atoms with E-state index < -0.39 is 5.97 Å². The number of nitrogens with two attached hydrogens (primary N) is 1. The molecule has 2 heterocycles. The molecule has 1 saturated heterocycles. The van der Waals surface area contributed by atoms with Crippen LogP contribution in [0.4, 0.5) is 11.5 Å². The molecule has 6 heteroatoms. The van der Waals surface area contributed by atoms with E-state index in [2.05, 4.69) is 16.8 Å². The van der Waals surface area contributed by atoms with Crippen LogP contribution in [0.5, 0.6) is 0 Å². The highest BCUT2D eigenvalue weighted by Gasteiger charge is 2.21. The van der Waals surface area contributed by atoms with Crippen LogP contribution in [0.1, 0.15) is 23.7 Å². The lowest BCUT2D eigenvalue weighted by molar-refractivity contribution is 0.0602. The van der Waals surface area contributed by atoms with Gasteiger partial charge in [0.1, 0.15) is 5.82 Å². The Kier molecular flexibility index (Phi) is 4.52. The maximum atomic E-state index is 11.6. The van der Waals surface area contributed by atoms with Crippen LogP contribution in [0.15, 0.2) is 12.3 Å². The molecule has 0 saturated carbocycles. The van der Waals surface area contributed by atoms with Crippen molar-refractivity contribution >= 4 is 29.2 Å². The normalized spacial score (nSPS) is 19.3. The largest absolute Gasteiger partial charge is 0.465 e. The Morgan fingerprint density at radius 3 is 3.16 bits per heavy atom. The molecule has 0 aliphatic carbocycles. The molecule has 1 aromatic heterocycles. The van der Waals surface area contributed by atoms with Gasteiger partial charge in [0.2, 0.25) is 0 Å². The fraction of sp³-hybridized carbons (Fsp3) is 0.538. The van der Waals surface area contributed by atoms with Crippen molar-refractivity contribution in [3.8, 4) is 0 Å². The number of methoxy groups -OCH3 is 1. The third kappa shape index (κ3) is 3.12. The van der Waals surface area contributed by atoms with Gasteiger partial charge in [0.05, 0.1) is 24.6 Å². The van der Waals surface area contributed by atoms with Gasteiger partial charge in [0.25, 0.3) is 0 Å². The predicted octanol–water partition coefficient (Wildman–Crippen LogP) is 1.78. The Bertz CT molecular complexity index is 467. The Morgan fingerprint density at radius 1 is 1.68 bits per heavy atom. The quantitative estimate of drug-likeness (QED) is 0.852. The van der Waals surface area contributed by atoms with E-state index in [-0.39, 0.29) is 0 Å². The van der Waals surface area contributed by atoms with Crippen molar-refractivity contribution in [2.24, 2.45) is 0 Å². The van der Waals surface area contributed by atoms with Crippen molar-refractivity contribution in [2.75, 3.05) is 36.6 Å². The van der Waals surface area contributed by atoms with E-state index in [0.717, 1.165) is 31.1 Å². The first-order chi connectivity index (χ1) is 9.15. The number of anilines is 2. The molecular formula is C13H19N3O2S. The molecule has 1 aliphatic rings. The molecule has 0 spiro atoms. The molecule has 1 atom stereocenters. The Hall–Kier alpha value is -1.43. The molecular weight excluding hydrogens is 262 g/mol. The van der Waals surface area contributed by atoms with Gasteiger partial charge < -0.3 is 15.4 Å². The SMILES string of the molecule is CCC1CN(c2cc(C(=O)OC)c(N)cn2)CCS1. The number of aromatic nitrogens is 1. The van der Waals surface area contributed by atoms with Crippen molar-refractivity contribution in [3.63, 3.8) is 0 Å². The lowest BCUT2D eigenvalue weighted by Crippen LogP contribution is -2.38. The number of rotatable bonds is 3. The summed E-state index contributed by atoms with van der Waals surface area (Å²) in [6.45, 7) is 4.09. The summed E-state index contributed by atoms with van der Waals surface area (Å²) in [5.74, 6) is 1.46. The van der Waals surface area contributed by atoms with E-state index in [9.17, 15) is 4.79 Å². The van der Waals surface area contributed by atoms with Crippen LogP contribution in [0.2, 0.25) is 0 Å². The zero-order chi connectivity index (χ0) is 13.8. The summed E-state index contributed by atoms with van der Waals surface area (Å²) in [6, 6.07) is 1.73. The van der Waals surface area contributed by atoms with Crippen LogP contribution in [-0.2, 0) is 4.74 Å². The molecule has 2 rings (SSSR count). The number of thioether (sulfide) groups is 1. The summed E-state index contributed by atoms with van der Waals surface area (Å²) in [6.07, 6.45) is 2.67. The zero-order valence-corrected chi connectivity index (χ0v) is 12.1. The molecule has 0 bridgehead atoms. The fourth-order valence-corrected chi connectivity index (χ4v) is 3.27. The first-order valence-electron chi connectivity index (χ1n) is 6.36. The number of carbonyl (C=O) groups excluding carboxylic acids is 1. The van der Waals surface area contributed by atoms with E-state index in [1.165, 1.54) is 13.3 Å². The van der Waals surface area contributed by atoms with E-state index >= 15 is 0 Å². The van der Waals surface area contributed by atoms with Gasteiger partial charge in [0.15, 0.2) is 0 Å². The maximum absolute atomic E-state index is 11.6. The van der Waals surface area contributed by atoms with Crippen molar-refractivity contribution in [1.29, 1.82) is 0 Å². The van der Waals surface area contributed by atoms with E-state index in [4.69, 9.17) is 10.5 Å². The molecule has 5 nitrogen and oxygen atoms in total. The minimum atomic E-state index is -0.417. The molecule has 0 aromatic carbocycles. The molecule has 0 amide bonds. The molecule has 19 heavy (non-hydrogen) atoms. The average molecular weight is 281 g/mol. The maximum Gasteiger partial charge on any atom is 0.340 e. The van der Waals surface area contributed by atoms with Crippen LogP contribution >= 0.6 is 11.8 Å². The van der Waals surface area contributed by atoms with Crippen molar-refractivity contribution in [2.45, 2.75) is 18.6 Å². The lowest BCUT2D eigenvalue weighted by atomic mass is 10.2. The molecule has 1 aromatic rings. The average Bonchev–Trinajstić information content (AvgIpc) is 2.47. The molecule has 1 unspecified atom stereocenters. The number of nitrogen functional groups attached to an aromatic ring is 1. The first kappa shape index (κ1) is 14.0.